The summed E-state index contributed by atoms with van der Waals surface area (Å²) in [5, 5.41) is 17.7. The van der Waals surface area contributed by atoms with E-state index in [1.807, 2.05) is 4.72 Å². The number of carboxylic acid groups (broad SMARTS) is 1. The molecule has 0 aliphatic heterocycles. The van der Waals surface area contributed by atoms with Crippen molar-refractivity contribution in [1.29, 1.82) is 0 Å². The van der Waals surface area contributed by atoms with E-state index in [0.29, 0.717) is 11.3 Å². The quantitative estimate of drug-likeness (QED) is 0.632. The van der Waals surface area contributed by atoms with Crippen molar-refractivity contribution in [2.45, 2.75) is 17.9 Å². The van der Waals surface area contributed by atoms with E-state index in [2.05, 4.69) is 0 Å². The molecule has 0 saturated heterocycles. The smallest absolute Gasteiger partial charge is 0.333 e. The van der Waals surface area contributed by atoms with Crippen LogP contribution in [0.1, 0.15) is 5.56 Å². The van der Waals surface area contributed by atoms with Gasteiger partial charge in [-0.15, -0.1) is 0 Å². The van der Waals surface area contributed by atoms with Crippen molar-refractivity contribution in [3.8, 4) is 11.5 Å². The summed E-state index contributed by atoms with van der Waals surface area (Å²) in [6.07, 6.45) is -1.82. The summed E-state index contributed by atoms with van der Waals surface area (Å²) < 4.78 is 36.4. The standard InChI is InChI=1S/C12H17NO7S/c1-7-4-9(19-2)10(20-3)5-11(7)21(17,18)13-6-8(14)12(15)16/h4-5,8,13-14H,6H2,1-3H3,(H,15,16)/t8-/m0/s1. The maximum Gasteiger partial charge on any atom is 0.333 e. The molecule has 0 saturated carbocycles. The predicted molar refractivity (Wildman–Crippen MR) is 73.1 cm³/mol. The Morgan fingerprint density at radius 3 is 2.29 bits per heavy atom. The van der Waals surface area contributed by atoms with E-state index in [-0.39, 0.29) is 10.6 Å². The van der Waals surface area contributed by atoms with Crippen LogP contribution >= 0.6 is 0 Å². The normalized spacial score (nSPS) is 12.8. The van der Waals surface area contributed by atoms with E-state index in [9.17, 15) is 13.2 Å². The number of rotatable bonds is 7. The van der Waals surface area contributed by atoms with Crippen LogP contribution in [0, 0.1) is 6.92 Å². The molecule has 0 amide bonds. The molecule has 8 nitrogen and oxygen atoms in total. The minimum Gasteiger partial charge on any atom is -0.493 e. The number of aliphatic hydroxyl groups is 1. The van der Waals surface area contributed by atoms with Crippen molar-refractivity contribution in [3.63, 3.8) is 0 Å². The number of methoxy groups -OCH3 is 2. The third kappa shape index (κ3) is 4.06. The number of carbonyl (C=O) groups is 1. The van der Waals surface area contributed by atoms with E-state index in [1.54, 1.807) is 6.92 Å². The highest BCUT2D eigenvalue weighted by atomic mass is 32.2. The van der Waals surface area contributed by atoms with Gasteiger partial charge in [-0.2, -0.15) is 0 Å². The molecule has 0 fully saturated rings. The molecule has 3 N–H and O–H groups in total. The Morgan fingerprint density at radius 2 is 1.81 bits per heavy atom. The molecule has 0 aromatic heterocycles. The molecular formula is C12H17NO7S. The van der Waals surface area contributed by atoms with Crippen LogP contribution in [-0.4, -0.2) is 51.5 Å². The van der Waals surface area contributed by atoms with E-state index < -0.39 is 28.6 Å². The van der Waals surface area contributed by atoms with Gasteiger partial charge in [0.05, 0.1) is 19.1 Å². The molecule has 1 atom stereocenters. The average molecular weight is 319 g/mol. The summed E-state index contributed by atoms with van der Waals surface area (Å²) in [5.41, 5.74) is 0.393. The van der Waals surface area contributed by atoms with E-state index in [1.165, 1.54) is 26.4 Å². The number of nitrogens with one attached hydrogen (secondary N) is 1. The molecule has 0 aliphatic rings. The molecule has 1 rings (SSSR count). The fourth-order valence-corrected chi connectivity index (χ4v) is 2.88. The number of aliphatic hydroxyl groups excluding tert-OH is 1. The first-order valence-electron chi connectivity index (χ1n) is 5.86. The molecule has 0 spiro atoms. The Kier molecular flexibility index (Phi) is 5.53. The van der Waals surface area contributed by atoms with Crippen LogP contribution in [0.25, 0.3) is 0 Å². The van der Waals surface area contributed by atoms with Crippen molar-refractivity contribution in [1.82, 2.24) is 4.72 Å². The molecule has 9 heteroatoms. The molecule has 0 aliphatic carbocycles. The molecule has 0 unspecified atom stereocenters. The van der Waals surface area contributed by atoms with Crippen LogP contribution < -0.4 is 14.2 Å². The Bertz CT molecular complexity index is 627. The minimum atomic E-state index is -3.99. The third-order valence-electron chi connectivity index (χ3n) is 2.72. The van der Waals surface area contributed by atoms with Gasteiger partial charge in [-0.25, -0.2) is 17.9 Å². The number of aliphatic carboxylic acids is 1. The maximum absolute atomic E-state index is 12.1. The summed E-state index contributed by atoms with van der Waals surface area (Å²) in [5.74, 6) is -0.913. The molecular weight excluding hydrogens is 302 g/mol. The minimum absolute atomic E-state index is 0.0854. The molecule has 118 valence electrons. The van der Waals surface area contributed by atoms with Crippen LogP contribution in [0.15, 0.2) is 17.0 Å². The van der Waals surface area contributed by atoms with Crippen LogP contribution in [-0.2, 0) is 14.8 Å². The van der Waals surface area contributed by atoms with Gasteiger partial charge in [-0.05, 0) is 18.6 Å². The summed E-state index contributed by atoms with van der Waals surface area (Å²) >= 11 is 0. The first-order chi connectivity index (χ1) is 9.72. The summed E-state index contributed by atoms with van der Waals surface area (Å²) in [4.78, 5) is 10.4. The lowest BCUT2D eigenvalue weighted by atomic mass is 10.2. The zero-order valence-electron chi connectivity index (χ0n) is 11.8. The van der Waals surface area contributed by atoms with E-state index >= 15 is 0 Å². The molecule has 1 aromatic carbocycles. The topological polar surface area (TPSA) is 122 Å². The van der Waals surface area contributed by atoms with Gasteiger partial charge >= 0.3 is 5.97 Å². The highest BCUT2D eigenvalue weighted by Gasteiger charge is 2.23. The predicted octanol–water partition coefficient (Wildman–Crippen LogP) is -0.264. The number of hydrogen-bond acceptors (Lipinski definition) is 6. The van der Waals surface area contributed by atoms with Gasteiger partial charge in [0.25, 0.3) is 0 Å². The van der Waals surface area contributed by atoms with Gasteiger partial charge in [0, 0.05) is 12.6 Å². The molecule has 21 heavy (non-hydrogen) atoms. The number of hydrogen-bond donors (Lipinski definition) is 3. The lowest BCUT2D eigenvalue weighted by molar-refractivity contribution is -0.146. The molecule has 1 aromatic rings. The monoisotopic (exact) mass is 319 g/mol. The first-order valence-corrected chi connectivity index (χ1v) is 7.34. The van der Waals surface area contributed by atoms with Gasteiger partial charge in [0.15, 0.2) is 17.6 Å². The van der Waals surface area contributed by atoms with Crippen molar-refractivity contribution < 1.29 is 32.9 Å². The van der Waals surface area contributed by atoms with Gasteiger partial charge in [-0.1, -0.05) is 0 Å². The van der Waals surface area contributed by atoms with Gasteiger partial charge < -0.3 is 19.7 Å². The fraction of sp³-hybridized carbons (Fsp3) is 0.417. The Labute approximate surface area is 122 Å². The SMILES string of the molecule is COc1cc(C)c(S(=O)(=O)NC[C@H](O)C(=O)O)cc1OC. The summed E-state index contributed by atoms with van der Waals surface area (Å²) in [7, 11) is -1.20. The number of carboxylic acids is 1. The lowest BCUT2D eigenvalue weighted by Gasteiger charge is -2.14. The van der Waals surface area contributed by atoms with Gasteiger partial charge in [0.1, 0.15) is 0 Å². The van der Waals surface area contributed by atoms with Crippen molar-refractivity contribution in [2.75, 3.05) is 20.8 Å². The van der Waals surface area contributed by atoms with Crippen LogP contribution in [0.2, 0.25) is 0 Å². The molecule has 0 bridgehead atoms. The highest BCUT2D eigenvalue weighted by Crippen LogP contribution is 2.32. The fourth-order valence-electron chi connectivity index (χ4n) is 1.61. The second-order valence-electron chi connectivity index (χ2n) is 4.18. The maximum atomic E-state index is 12.1. The van der Waals surface area contributed by atoms with Crippen LogP contribution in [0.5, 0.6) is 11.5 Å². The van der Waals surface area contributed by atoms with Crippen molar-refractivity contribution >= 4 is 16.0 Å². The lowest BCUT2D eigenvalue weighted by Crippen LogP contribution is -2.36. The number of sulfonamides is 1. The van der Waals surface area contributed by atoms with Crippen molar-refractivity contribution in [2.24, 2.45) is 0 Å². The zero-order valence-corrected chi connectivity index (χ0v) is 12.6. The van der Waals surface area contributed by atoms with Crippen molar-refractivity contribution in [3.05, 3.63) is 17.7 Å². The largest absolute Gasteiger partial charge is 0.493 e. The van der Waals surface area contributed by atoms with Crippen LogP contribution in [0.4, 0.5) is 0 Å². The Hall–Kier alpha value is -1.84. The molecule has 0 heterocycles. The second-order valence-corrected chi connectivity index (χ2v) is 5.91. The van der Waals surface area contributed by atoms with Gasteiger partial charge in [-0.3, -0.25) is 0 Å². The summed E-state index contributed by atoms with van der Waals surface area (Å²) in [6.45, 7) is 0.926. The molecule has 0 radical (unpaired) electrons. The first kappa shape index (κ1) is 17.2. The summed E-state index contributed by atoms with van der Waals surface area (Å²) in [6, 6.07) is 2.75. The Morgan fingerprint density at radius 1 is 1.29 bits per heavy atom. The van der Waals surface area contributed by atoms with E-state index in [0.717, 1.165) is 0 Å². The van der Waals surface area contributed by atoms with Crippen LogP contribution in [0.3, 0.4) is 0 Å². The highest BCUT2D eigenvalue weighted by molar-refractivity contribution is 7.89. The third-order valence-corrected chi connectivity index (χ3v) is 4.29. The Balaban J connectivity index is 3.11. The number of ether oxygens (including phenoxy) is 2. The number of benzene rings is 1. The van der Waals surface area contributed by atoms with Gasteiger partial charge in [0.2, 0.25) is 10.0 Å². The number of aryl methyl sites for hydroxylation is 1. The second kappa shape index (κ2) is 6.74. The average Bonchev–Trinajstić information content (AvgIpc) is 2.43. The zero-order chi connectivity index (χ0) is 16.2. The van der Waals surface area contributed by atoms with E-state index in [4.69, 9.17) is 19.7 Å².